The molecule has 5 nitrogen and oxygen atoms in total. The third kappa shape index (κ3) is 8.09. The summed E-state index contributed by atoms with van der Waals surface area (Å²) in [5.74, 6) is 0. The Bertz CT molecular complexity index is 1380. The molecule has 6 heteroatoms. The van der Waals surface area contributed by atoms with Crippen LogP contribution in [0.15, 0.2) is 121 Å². The molecule has 1 N–H and O–H groups in total. The second-order valence-electron chi connectivity index (χ2n) is 7.06. The Morgan fingerprint density at radius 1 is 0.735 bits per heavy atom. The van der Waals surface area contributed by atoms with Gasteiger partial charge in [0.15, 0.2) is 0 Å². The summed E-state index contributed by atoms with van der Waals surface area (Å²) in [6.45, 7) is 3.57. The van der Waals surface area contributed by atoms with E-state index in [9.17, 15) is 8.42 Å². The third-order valence-electron chi connectivity index (χ3n) is 4.55. The summed E-state index contributed by atoms with van der Waals surface area (Å²) in [7, 11) is -4.00. The van der Waals surface area contributed by atoms with Gasteiger partial charge in [-0.25, -0.2) is 4.98 Å². The summed E-state index contributed by atoms with van der Waals surface area (Å²) in [6.07, 6.45) is 4.80. The number of fused-ring (bicyclic) bond motifs is 2. The summed E-state index contributed by atoms with van der Waals surface area (Å²) in [5.41, 5.74) is 3.78. The second kappa shape index (κ2) is 12.2. The van der Waals surface area contributed by atoms with Crippen LogP contribution in [0.5, 0.6) is 0 Å². The number of nitrogens with zero attached hydrogens (tertiary/aromatic N) is 2. The van der Waals surface area contributed by atoms with E-state index in [0.717, 1.165) is 27.7 Å². The zero-order chi connectivity index (χ0) is 24.2. The molecule has 5 aromatic rings. The van der Waals surface area contributed by atoms with Crippen LogP contribution in [0.1, 0.15) is 11.3 Å². The Morgan fingerprint density at radius 3 is 1.79 bits per heavy atom. The number of pyridine rings is 2. The maximum atomic E-state index is 10.3. The van der Waals surface area contributed by atoms with Crippen LogP contribution in [0.2, 0.25) is 0 Å². The van der Waals surface area contributed by atoms with E-state index in [0.29, 0.717) is 0 Å². The van der Waals surface area contributed by atoms with Crippen LogP contribution in [-0.2, 0) is 10.1 Å². The molecule has 2 aromatic heterocycles. The van der Waals surface area contributed by atoms with Gasteiger partial charge in [-0.2, -0.15) is 8.42 Å². The Kier molecular flexibility index (Phi) is 8.80. The Hall–Kier alpha value is -4.13. The fraction of sp³-hybridized carbons (Fsp3) is 0. The lowest BCUT2D eigenvalue weighted by Crippen LogP contribution is -1.88. The highest BCUT2D eigenvalue weighted by Crippen LogP contribution is 2.18. The fourth-order valence-electron chi connectivity index (χ4n) is 2.95. The maximum Gasteiger partial charge on any atom is 0.287 e. The van der Waals surface area contributed by atoms with Crippen molar-refractivity contribution < 1.29 is 13.0 Å². The predicted octanol–water partition coefficient (Wildman–Crippen LogP) is 6.66. The zero-order valence-corrected chi connectivity index (χ0v) is 19.2. The fourth-order valence-corrected chi connectivity index (χ4v) is 3.27. The van der Waals surface area contributed by atoms with Gasteiger partial charge in [-0.05, 0) is 48.0 Å². The molecular weight excluding hydrogens is 444 g/mol. The minimum absolute atomic E-state index is 0.732. The SMILES string of the molecule is C=Cc1ccccn1.O=S(=O)(O)C=Cc1ccccc1.c1ccc2nc3ccccc3cc2c1. The van der Waals surface area contributed by atoms with E-state index in [2.05, 4.69) is 34.7 Å². The van der Waals surface area contributed by atoms with Crippen LogP contribution in [0, 0.1) is 0 Å². The molecule has 0 fully saturated rings. The van der Waals surface area contributed by atoms with Gasteiger partial charge >= 0.3 is 0 Å². The van der Waals surface area contributed by atoms with Gasteiger partial charge in [0.2, 0.25) is 0 Å². The van der Waals surface area contributed by atoms with E-state index in [-0.39, 0.29) is 0 Å². The number of aromatic nitrogens is 2. The average Bonchev–Trinajstić information content (AvgIpc) is 2.88. The van der Waals surface area contributed by atoms with E-state index in [1.807, 2.05) is 60.7 Å². The molecule has 0 saturated heterocycles. The first-order valence-corrected chi connectivity index (χ1v) is 11.9. The molecule has 0 spiro atoms. The van der Waals surface area contributed by atoms with Crippen molar-refractivity contribution in [3.05, 3.63) is 133 Å². The lowest BCUT2D eigenvalue weighted by atomic mass is 10.1. The highest BCUT2D eigenvalue weighted by Gasteiger charge is 1.97. The lowest BCUT2D eigenvalue weighted by molar-refractivity contribution is 0.494. The van der Waals surface area contributed by atoms with Gasteiger partial charge in [-0.15, -0.1) is 0 Å². The molecule has 0 bridgehead atoms. The highest BCUT2D eigenvalue weighted by molar-refractivity contribution is 7.88. The molecule has 0 aliphatic heterocycles. The topological polar surface area (TPSA) is 80.2 Å². The molecule has 0 saturated carbocycles. The first-order chi connectivity index (χ1) is 16.4. The van der Waals surface area contributed by atoms with Crippen molar-refractivity contribution in [2.45, 2.75) is 0 Å². The molecule has 0 atom stereocenters. The third-order valence-corrected chi connectivity index (χ3v) is 5.03. The van der Waals surface area contributed by atoms with Crippen LogP contribution in [0.25, 0.3) is 34.0 Å². The van der Waals surface area contributed by atoms with Crippen molar-refractivity contribution in [1.29, 1.82) is 0 Å². The van der Waals surface area contributed by atoms with Crippen molar-refractivity contribution >= 4 is 44.1 Å². The molecular formula is C28H24N2O3S. The Morgan fingerprint density at radius 2 is 1.29 bits per heavy atom. The lowest BCUT2D eigenvalue weighted by Gasteiger charge is -1.99. The van der Waals surface area contributed by atoms with E-state index in [1.165, 1.54) is 16.8 Å². The monoisotopic (exact) mass is 468 g/mol. The zero-order valence-electron chi connectivity index (χ0n) is 18.4. The minimum atomic E-state index is -4.00. The van der Waals surface area contributed by atoms with Crippen LogP contribution < -0.4 is 0 Å². The largest absolute Gasteiger partial charge is 0.287 e. The van der Waals surface area contributed by atoms with Crippen molar-refractivity contribution in [3.8, 4) is 0 Å². The van der Waals surface area contributed by atoms with Crippen LogP contribution >= 0.6 is 0 Å². The normalized spacial score (nSPS) is 10.7. The van der Waals surface area contributed by atoms with Crippen LogP contribution in [-0.4, -0.2) is 22.9 Å². The molecule has 2 heterocycles. The molecule has 0 aliphatic carbocycles. The van der Waals surface area contributed by atoms with Gasteiger partial charge in [-0.3, -0.25) is 9.54 Å². The predicted molar refractivity (Wildman–Crippen MR) is 141 cm³/mol. The average molecular weight is 469 g/mol. The van der Waals surface area contributed by atoms with Gasteiger partial charge in [0.1, 0.15) is 0 Å². The quantitative estimate of drug-likeness (QED) is 0.237. The van der Waals surface area contributed by atoms with E-state index in [1.54, 1.807) is 36.5 Å². The molecule has 3 aromatic carbocycles. The van der Waals surface area contributed by atoms with Gasteiger partial charge in [0, 0.05) is 17.0 Å². The van der Waals surface area contributed by atoms with Crippen LogP contribution in [0.3, 0.4) is 0 Å². The number of rotatable bonds is 3. The number of hydrogen-bond donors (Lipinski definition) is 1. The first kappa shape index (κ1) is 24.5. The van der Waals surface area contributed by atoms with Crippen LogP contribution in [0.4, 0.5) is 0 Å². The molecule has 0 aliphatic rings. The van der Waals surface area contributed by atoms with Gasteiger partial charge in [0.25, 0.3) is 10.1 Å². The van der Waals surface area contributed by atoms with E-state index >= 15 is 0 Å². The summed E-state index contributed by atoms with van der Waals surface area (Å²) < 4.78 is 28.9. The number of hydrogen-bond acceptors (Lipinski definition) is 4. The standard InChI is InChI=1S/C13H9N.C8H8O3S.C7H7N/c1-3-7-12-10(5-1)9-11-6-2-4-8-13(11)14-12;9-12(10,11)7-6-8-4-2-1-3-5-8;1-2-7-5-3-4-6-8-7/h1-9H;1-7H,(H,9,10,11);2-6H,1H2. The van der Waals surface area contributed by atoms with E-state index in [4.69, 9.17) is 4.55 Å². The van der Waals surface area contributed by atoms with Crippen molar-refractivity contribution in [2.24, 2.45) is 0 Å². The van der Waals surface area contributed by atoms with Gasteiger partial charge in [0.05, 0.1) is 22.1 Å². The first-order valence-electron chi connectivity index (χ1n) is 10.4. The molecule has 0 radical (unpaired) electrons. The summed E-state index contributed by atoms with van der Waals surface area (Å²) in [5, 5.41) is 3.15. The molecule has 0 unspecified atom stereocenters. The van der Waals surface area contributed by atoms with E-state index < -0.39 is 10.1 Å². The van der Waals surface area contributed by atoms with Crippen molar-refractivity contribution in [3.63, 3.8) is 0 Å². The Balaban J connectivity index is 0.000000149. The molecule has 34 heavy (non-hydrogen) atoms. The summed E-state index contributed by atoms with van der Waals surface area (Å²) in [4.78, 5) is 8.56. The summed E-state index contributed by atoms with van der Waals surface area (Å²) in [6, 6.07) is 33.2. The van der Waals surface area contributed by atoms with Crippen molar-refractivity contribution in [2.75, 3.05) is 0 Å². The Labute approximate surface area is 199 Å². The number of benzene rings is 3. The van der Waals surface area contributed by atoms with Crippen molar-refractivity contribution in [1.82, 2.24) is 9.97 Å². The highest BCUT2D eigenvalue weighted by atomic mass is 32.2. The number of para-hydroxylation sites is 2. The molecule has 5 rings (SSSR count). The minimum Gasteiger partial charge on any atom is -0.282 e. The molecule has 170 valence electrons. The molecule has 0 amide bonds. The van der Waals surface area contributed by atoms with Gasteiger partial charge in [-0.1, -0.05) is 79.4 Å². The van der Waals surface area contributed by atoms with Gasteiger partial charge < -0.3 is 0 Å². The second-order valence-corrected chi connectivity index (χ2v) is 8.36. The smallest absolute Gasteiger partial charge is 0.282 e. The summed E-state index contributed by atoms with van der Waals surface area (Å²) >= 11 is 0. The maximum absolute atomic E-state index is 10.3.